The first kappa shape index (κ1) is 10.4. The van der Waals surface area contributed by atoms with Crippen LogP contribution in [0.4, 0.5) is 4.39 Å². The Morgan fingerprint density at radius 1 is 1.47 bits per heavy atom. The highest BCUT2D eigenvalue weighted by Crippen LogP contribution is 2.32. The maximum atomic E-state index is 13.7. The summed E-state index contributed by atoms with van der Waals surface area (Å²) in [6.07, 6.45) is 1.74. The molecule has 1 aromatic heterocycles. The van der Waals surface area contributed by atoms with Crippen molar-refractivity contribution in [1.82, 2.24) is 9.78 Å². The van der Waals surface area contributed by atoms with Crippen LogP contribution in [0.2, 0.25) is 5.02 Å². The van der Waals surface area contributed by atoms with Gasteiger partial charge in [-0.3, -0.25) is 4.68 Å². The standard InChI is InChI=1S/C11H12ClFN2/c1-6(2)7-4-9(13)11-8(10(7)12)5-15(3)14-11/h4-6H,1-3H3. The molecule has 0 aliphatic carbocycles. The Labute approximate surface area is 92.6 Å². The summed E-state index contributed by atoms with van der Waals surface area (Å²) in [6.45, 7) is 3.98. The van der Waals surface area contributed by atoms with Crippen molar-refractivity contribution >= 4 is 22.5 Å². The maximum absolute atomic E-state index is 13.7. The van der Waals surface area contributed by atoms with Gasteiger partial charge in [0.15, 0.2) is 5.82 Å². The van der Waals surface area contributed by atoms with Crippen molar-refractivity contribution in [2.75, 3.05) is 0 Å². The summed E-state index contributed by atoms with van der Waals surface area (Å²) in [5.41, 5.74) is 1.17. The summed E-state index contributed by atoms with van der Waals surface area (Å²) >= 11 is 6.20. The SMILES string of the molecule is CC(C)c1cc(F)c2nn(C)cc2c1Cl. The summed E-state index contributed by atoms with van der Waals surface area (Å²) < 4.78 is 15.2. The Bertz CT molecular complexity index is 517. The van der Waals surface area contributed by atoms with E-state index >= 15 is 0 Å². The summed E-state index contributed by atoms with van der Waals surface area (Å²) in [6, 6.07) is 1.47. The third-order valence-corrected chi connectivity index (χ3v) is 2.87. The molecular formula is C11H12ClFN2. The van der Waals surface area contributed by atoms with Crippen molar-refractivity contribution in [3.05, 3.63) is 28.7 Å². The van der Waals surface area contributed by atoms with E-state index in [1.54, 1.807) is 17.9 Å². The molecule has 0 bridgehead atoms. The lowest BCUT2D eigenvalue weighted by Crippen LogP contribution is -1.92. The van der Waals surface area contributed by atoms with Gasteiger partial charge in [-0.1, -0.05) is 25.4 Å². The molecule has 2 aromatic rings. The van der Waals surface area contributed by atoms with E-state index in [1.807, 2.05) is 13.8 Å². The molecule has 0 fully saturated rings. The minimum atomic E-state index is -0.307. The lowest BCUT2D eigenvalue weighted by Gasteiger charge is -2.08. The molecule has 0 saturated heterocycles. The van der Waals surface area contributed by atoms with E-state index in [1.165, 1.54) is 6.07 Å². The van der Waals surface area contributed by atoms with Crippen LogP contribution >= 0.6 is 11.6 Å². The van der Waals surface area contributed by atoms with Crippen LogP contribution in [0.25, 0.3) is 10.9 Å². The molecule has 2 rings (SSSR count). The van der Waals surface area contributed by atoms with Crippen LogP contribution in [0.1, 0.15) is 25.3 Å². The van der Waals surface area contributed by atoms with Crippen molar-refractivity contribution in [3.8, 4) is 0 Å². The topological polar surface area (TPSA) is 17.8 Å². The predicted octanol–water partition coefficient (Wildman–Crippen LogP) is 3.49. The molecule has 0 saturated carbocycles. The number of hydrogen-bond acceptors (Lipinski definition) is 1. The van der Waals surface area contributed by atoms with Crippen LogP contribution in [0.3, 0.4) is 0 Å². The van der Waals surface area contributed by atoms with Crippen LogP contribution in [0, 0.1) is 5.82 Å². The van der Waals surface area contributed by atoms with Crippen LogP contribution in [0.15, 0.2) is 12.3 Å². The minimum absolute atomic E-state index is 0.205. The molecule has 1 aromatic carbocycles. The van der Waals surface area contributed by atoms with Crippen molar-refractivity contribution in [2.24, 2.45) is 7.05 Å². The van der Waals surface area contributed by atoms with Gasteiger partial charge in [0.05, 0.1) is 5.02 Å². The highest BCUT2D eigenvalue weighted by Gasteiger charge is 2.15. The Morgan fingerprint density at radius 2 is 2.13 bits per heavy atom. The Hall–Kier alpha value is -1.09. The second kappa shape index (κ2) is 3.49. The molecule has 0 spiro atoms. The highest BCUT2D eigenvalue weighted by atomic mass is 35.5. The summed E-state index contributed by atoms with van der Waals surface area (Å²) in [4.78, 5) is 0. The fourth-order valence-corrected chi connectivity index (χ4v) is 2.08. The fourth-order valence-electron chi connectivity index (χ4n) is 1.67. The van der Waals surface area contributed by atoms with Crippen molar-refractivity contribution in [1.29, 1.82) is 0 Å². The molecular weight excluding hydrogens is 215 g/mol. The number of halogens is 2. The van der Waals surface area contributed by atoms with Gasteiger partial charge in [0.2, 0.25) is 0 Å². The Kier molecular flexibility index (Phi) is 2.43. The van der Waals surface area contributed by atoms with Gasteiger partial charge < -0.3 is 0 Å². The molecule has 0 aliphatic rings. The van der Waals surface area contributed by atoms with Gasteiger partial charge in [0, 0.05) is 18.6 Å². The van der Waals surface area contributed by atoms with Crippen molar-refractivity contribution < 1.29 is 4.39 Å². The second-order valence-electron chi connectivity index (χ2n) is 3.98. The smallest absolute Gasteiger partial charge is 0.151 e. The summed E-state index contributed by atoms with van der Waals surface area (Å²) in [7, 11) is 1.75. The van der Waals surface area contributed by atoms with Crippen LogP contribution in [-0.4, -0.2) is 9.78 Å². The van der Waals surface area contributed by atoms with Gasteiger partial charge in [0.25, 0.3) is 0 Å². The zero-order valence-electron chi connectivity index (χ0n) is 8.88. The summed E-state index contributed by atoms with van der Waals surface area (Å²) in [5.74, 6) is -0.102. The molecule has 0 aliphatic heterocycles. The first-order valence-electron chi connectivity index (χ1n) is 4.82. The molecule has 0 amide bonds. The average molecular weight is 227 g/mol. The van der Waals surface area contributed by atoms with Crippen LogP contribution < -0.4 is 0 Å². The Balaban J connectivity index is 2.83. The van der Waals surface area contributed by atoms with Gasteiger partial charge in [-0.15, -0.1) is 0 Å². The maximum Gasteiger partial charge on any atom is 0.151 e. The normalized spacial score (nSPS) is 11.6. The molecule has 80 valence electrons. The first-order chi connectivity index (χ1) is 7.00. The average Bonchev–Trinajstić information content (AvgIpc) is 2.53. The number of nitrogens with zero attached hydrogens (tertiary/aromatic N) is 2. The minimum Gasteiger partial charge on any atom is -0.274 e. The lowest BCUT2D eigenvalue weighted by molar-refractivity contribution is 0.628. The van der Waals surface area contributed by atoms with E-state index < -0.39 is 0 Å². The molecule has 0 unspecified atom stereocenters. The number of aryl methyl sites for hydroxylation is 1. The van der Waals surface area contributed by atoms with E-state index in [2.05, 4.69) is 5.10 Å². The van der Waals surface area contributed by atoms with E-state index in [0.717, 1.165) is 5.56 Å². The third-order valence-electron chi connectivity index (χ3n) is 2.45. The van der Waals surface area contributed by atoms with Crippen molar-refractivity contribution in [2.45, 2.75) is 19.8 Å². The highest BCUT2D eigenvalue weighted by molar-refractivity contribution is 6.36. The largest absolute Gasteiger partial charge is 0.274 e. The summed E-state index contributed by atoms with van der Waals surface area (Å²) in [5, 5.41) is 5.32. The molecule has 15 heavy (non-hydrogen) atoms. The van der Waals surface area contributed by atoms with Gasteiger partial charge in [-0.05, 0) is 17.5 Å². The molecule has 0 N–H and O–H groups in total. The number of aromatic nitrogens is 2. The zero-order chi connectivity index (χ0) is 11.2. The van der Waals surface area contributed by atoms with E-state index in [-0.39, 0.29) is 11.7 Å². The van der Waals surface area contributed by atoms with E-state index in [4.69, 9.17) is 11.6 Å². The predicted molar refractivity (Wildman–Crippen MR) is 59.8 cm³/mol. The molecule has 4 heteroatoms. The van der Waals surface area contributed by atoms with Crippen LogP contribution in [-0.2, 0) is 7.05 Å². The van der Waals surface area contributed by atoms with Gasteiger partial charge >= 0.3 is 0 Å². The molecule has 0 atom stereocenters. The number of fused-ring (bicyclic) bond motifs is 1. The monoisotopic (exact) mass is 226 g/mol. The quantitative estimate of drug-likeness (QED) is 0.728. The van der Waals surface area contributed by atoms with Crippen molar-refractivity contribution in [3.63, 3.8) is 0 Å². The first-order valence-corrected chi connectivity index (χ1v) is 5.19. The number of rotatable bonds is 1. The zero-order valence-corrected chi connectivity index (χ0v) is 9.64. The van der Waals surface area contributed by atoms with E-state index in [0.29, 0.717) is 15.9 Å². The molecule has 2 nitrogen and oxygen atoms in total. The van der Waals surface area contributed by atoms with Gasteiger partial charge in [-0.2, -0.15) is 5.10 Å². The molecule has 1 heterocycles. The lowest BCUT2D eigenvalue weighted by atomic mass is 10.0. The van der Waals surface area contributed by atoms with Crippen LogP contribution in [0.5, 0.6) is 0 Å². The van der Waals surface area contributed by atoms with Gasteiger partial charge in [0.1, 0.15) is 5.52 Å². The van der Waals surface area contributed by atoms with Gasteiger partial charge in [-0.25, -0.2) is 4.39 Å². The fraction of sp³-hybridized carbons (Fsp3) is 0.364. The second-order valence-corrected chi connectivity index (χ2v) is 4.36. The molecule has 0 radical (unpaired) electrons. The number of hydrogen-bond donors (Lipinski definition) is 0. The Morgan fingerprint density at radius 3 is 2.73 bits per heavy atom. The number of benzene rings is 1. The van der Waals surface area contributed by atoms with E-state index in [9.17, 15) is 4.39 Å². The third kappa shape index (κ3) is 1.61.